The fourth-order valence-electron chi connectivity index (χ4n) is 1.84. The summed E-state index contributed by atoms with van der Waals surface area (Å²) in [6, 6.07) is 8.34. The maximum atomic E-state index is 11.6. The van der Waals surface area contributed by atoms with Gasteiger partial charge in [0, 0.05) is 13.1 Å². The molecule has 1 aromatic carbocycles. The largest absolute Gasteiger partial charge is 0.355 e. The molecule has 18 heavy (non-hydrogen) atoms. The van der Waals surface area contributed by atoms with E-state index >= 15 is 0 Å². The van der Waals surface area contributed by atoms with Crippen LogP contribution in [0.1, 0.15) is 25.0 Å². The normalized spacial score (nSPS) is 10.7. The molecule has 0 aromatic heterocycles. The summed E-state index contributed by atoms with van der Waals surface area (Å²) in [4.78, 5) is 11.6. The van der Waals surface area contributed by atoms with Gasteiger partial charge in [0.15, 0.2) is 0 Å². The van der Waals surface area contributed by atoms with Gasteiger partial charge in [-0.25, -0.2) is 0 Å². The van der Waals surface area contributed by atoms with Gasteiger partial charge < -0.3 is 10.6 Å². The highest BCUT2D eigenvalue weighted by Gasteiger charge is 2.03. The summed E-state index contributed by atoms with van der Waals surface area (Å²) in [5.41, 5.74) is 2.41. The van der Waals surface area contributed by atoms with E-state index in [1.807, 2.05) is 7.05 Å². The summed E-state index contributed by atoms with van der Waals surface area (Å²) in [6.07, 6.45) is 1.56. The molecule has 1 aromatic rings. The molecule has 0 radical (unpaired) electrons. The van der Waals surface area contributed by atoms with Crippen molar-refractivity contribution in [2.75, 3.05) is 20.1 Å². The Balaban J connectivity index is 2.40. The van der Waals surface area contributed by atoms with Gasteiger partial charge >= 0.3 is 0 Å². The van der Waals surface area contributed by atoms with E-state index in [4.69, 9.17) is 0 Å². The molecular weight excluding hydrogens is 224 g/mol. The third-order valence-corrected chi connectivity index (χ3v) is 2.73. The molecule has 0 unspecified atom stereocenters. The Bertz CT molecular complexity index is 357. The molecule has 0 aliphatic heterocycles. The smallest absolute Gasteiger partial charge is 0.224 e. The van der Waals surface area contributed by atoms with Crippen LogP contribution < -0.4 is 10.6 Å². The summed E-state index contributed by atoms with van der Waals surface area (Å²) in [6.45, 7) is 5.91. The summed E-state index contributed by atoms with van der Waals surface area (Å²) in [5, 5.41) is 5.88. The topological polar surface area (TPSA) is 41.1 Å². The molecule has 2 N–H and O–H groups in total. The van der Waals surface area contributed by atoms with E-state index in [2.05, 4.69) is 48.7 Å². The first-order chi connectivity index (χ1) is 8.61. The van der Waals surface area contributed by atoms with Crippen LogP contribution in [0.25, 0.3) is 0 Å². The van der Waals surface area contributed by atoms with Crippen LogP contribution in [0.5, 0.6) is 0 Å². The highest BCUT2D eigenvalue weighted by atomic mass is 16.1. The number of carbonyl (C=O) groups is 1. The maximum Gasteiger partial charge on any atom is 0.224 e. The molecule has 1 rings (SSSR count). The molecule has 0 spiro atoms. The van der Waals surface area contributed by atoms with Crippen LogP contribution in [0.4, 0.5) is 0 Å². The summed E-state index contributed by atoms with van der Waals surface area (Å²) >= 11 is 0. The van der Waals surface area contributed by atoms with Crippen molar-refractivity contribution < 1.29 is 4.79 Å². The Morgan fingerprint density at radius 3 is 2.28 bits per heavy atom. The van der Waals surface area contributed by atoms with Gasteiger partial charge in [0.05, 0.1) is 6.42 Å². The van der Waals surface area contributed by atoms with Gasteiger partial charge in [-0.2, -0.15) is 0 Å². The molecule has 1 amide bonds. The standard InChI is InChI=1S/C15H24N2O/c1-12(2)10-13-4-6-14(7-5-13)11-15(18)17-9-8-16-3/h4-7,12,16H,8-11H2,1-3H3,(H,17,18). The number of amides is 1. The first kappa shape index (κ1) is 14.7. The minimum absolute atomic E-state index is 0.0851. The fourth-order valence-corrected chi connectivity index (χ4v) is 1.84. The summed E-state index contributed by atoms with van der Waals surface area (Å²) in [7, 11) is 1.87. The second-order valence-electron chi connectivity index (χ2n) is 5.04. The van der Waals surface area contributed by atoms with Gasteiger partial charge in [0.1, 0.15) is 0 Å². The molecule has 0 saturated carbocycles. The van der Waals surface area contributed by atoms with Crippen LogP contribution in [-0.4, -0.2) is 26.0 Å². The lowest BCUT2D eigenvalue weighted by molar-refractivity contribution is -0.120. The van der Waals surface area contributed by atoms with E-state index in [1.54, 1.807) is 0 Å². The predicted molar refractivity (Wildman–Crippen MR) is 75.6 cm³/mol. The third kappa shape index (κ3) is 5.82. The molecule has 0 aliphatic carbocycles. The summed E-state index contributed by atoms with van der Waals surface area (Å²) < 4.78 is 0. The SMILES string of the molecule is CNCCNC(=O)Cc1ccc(CC(C)C)cc1. The van der Waals surface area contributed by atoms with Crippen molar-refractivity contribution in [3.63, 3.8) is 0 Å². The van der Waals surface area contributed by atoms with E-state index in [9.17, 15) is 4.79 Å². The van der Waals surface area contributed by atoms with E-state index in [-0.39, 0.29) is 5.91 Å². The van der Waals surface area contributed by atoms with Crippen molar-refractivity contribution in [1.29, 1.82) is 0 Å². The van der Waals surface area contributed by atoms with Crippen LogP contribution >= 0.6 is 0 Å². The van der Waals surface area contributed by atoms with Crippen LogP contribution in [0, 0.1) is 5.92 Å². The minimum atomic E-state index is 0.0851. The van der Waals surface area contributed by atoms with E-state index < -0.39 is 0 Å². The van der Waals surface area contributed by atoms with Crippen molar-refractivity contribution in [1.82, 2.24) is 10.6 Å². The van der Waals surface area contributed by atoms with Gasteiger partial charge in [-0.3, -0.25) is 4.79 Å². The average Bonchev–Trinajstić information content (AvgIpc) is 2.31. The first-order valence-corrected chi connectivity index (χ1v) is 6.61. The number of carbonyl (C=O) groups excluding carboxylic acids is 1. The van der Waals surface area contributed by atoms with Crippen LogP contribution in [0.2, 0.25) is 0 Å². The summed E-state index contributed by atoms with van der Waals surface area (Å²) in [5.74, 6) is 0.752. The molecule has 100 valence electrons. The Morgan fingerprint density at radius 2 is 1.72 bits per heavy atom. The Labute approximate surface area is 110 Å². The van der Waals surface area contributed by atoms with Gasteiger partial charge in [-0.15, -0.1) is 0 Å². The second kappa shape index (κ2) is 7.88. The van der Waals surface area contributed by atoms with E-state index in [0.29, 0.717) is 18.9 Å². The number of likely N-dealkylation sites (N-methyl/N-ethyl adjacent to an activating group) is 1. The quantitative estimate of drug-likeness (QED) is 0.722. The monoisotopic (exact) mass is 248 g/mol. The Hall–Kier alpha value is -1.35. The van der Waals surface area contributed by atoms with Crippen LogP contribution in [0.3, 0.4) is 0 Å². The minimum Gasteiger partial charge on any atom is -0.355 e. The Kier molecular flexibility index (Phi) is 6.44. The fraction of sp³-hybridized carbons (Fsp3) is 0.533. The molecule has 0 aliphatic rings. The zero-order valence-corrected chi connectivity index (χ0v) is 11.6. The van der Waals surface area contributed by atoms with Crippen molar-refractivity contribution >= 4 is 5.91 Å². The molecular formula is C15H24N2O. The number of benzene rings is 1. The molecule has 3 nitrogen and oxygen atoms in total. The maximum absolute atomic E-state index is 11.6. The molecule has 0 bridgehead atoms. The van der Waals surface area contributed by atoms with Crippen molar-refractivity contribution in [2.24, 2.45) is 5.92 Å². The molecule has 0 fully saturated rings. The first-order valence-electron chi connectivity index (χ1n) is 6.61. The van der Waals surface area contributed by atoms with E-state index in [1.165, 1.54) is 5.56 Å². The molecule has 3 heteroatoms. The molecule has 0 atom stereocenters. The van der Waals surface area contributed by atoms with Gasteiger partial charge in [-0.05, 0) is 30.5 Å². The number of nitrogens with one attached hydrogen (secondary N) is 2. The number of hydrogen-bond donors (Lipinski definition) is 2. The van der Waals surface area contributed by atoms with E-state index in [0.717, 1.165) is 18.5 Å². The average molecular weight is 248 g/mol. The zero-order valence-electron chi connectivity index (χ0n) is 11.6. The second-order valence-corrected chi connectivity index (χ2v) is 5.04. The lowest BCUT2D eigenvalue weighted by atomic mass is 10.0. The molecule has 0 heterocycles. The van der Waals surface area contributed by atoms with Gasteiger partial charge in [0.2, 0.25) is 5.91 Å². The lowest BCUT2D eigenvalue weighted by Crippen LogP contribution is -2.31. The number of rotatable bonds is 7. The zero-order chi connectivity index (χ0) is 13.4. The molecule has 0 saturated heterocycles. The van der Waals surface area contributed by atoms with Crippen LogP contribution in [-0.2, 0) is 17.6 Å². The van der Waals surface area contributed by atoms with Crippen molar-refractivity contribution in [3.8, 4) is 0 Å². The van der Waals surface area contributed by atoms with Gasteiger partial charge in [-0.1, -0.05) is 38.1 Å². The van der Waals surface area contributed by atoms with Crippen molar-refractivity contribution in [2.45, 2.75) is 26.7 Å². The predicted octanol–water partition coefficient (Wildman–Crippen LogP) is 1.76. The highest BCUT2D eigenvalue weighted by molar-refractivity contribution is 5.78. The lowest BCUT2D eigenvalue weighted by Gasteiger charge is -2.07. The number of hydrogen-bond acceptors (Lipinski definition) is 2. The van der Waals surface area contributed by atoms with Crippen LogP contribution in [0.15, 0.2) is 24.3 Å². The Morgan fingerprint density at radius 1 is 1.11 bits per heavy atom. The third-order valence-electron chi connectivity index (χ3n) is 2.73. The highest BCUT2D eigenvalue weighted by Crippen LogP contribution is 2.10. The van der Waals surface area contributed by atoms with Gasteiger partial charge in [0.25, 0.3) is 0 Å². The van der Waals surface area contributed by atoms with Crippen molar-refractivity contribution in [3.05, 3.63) is 35.4 Å².